The van der Waals surface area contributed by atoms with E-state index in [9.17, 15) is 0 Å². The summed E-state index contributed by atoms with van der Waals surface area (Å²) in [6.45, 7) is 8.21. The molecule has 1 unspecified atom stereocenters. The number of rotatable bonds is 3. The molecule has 1 aliphatic heterocycles. The number of piperazine rings is 1. The van der Waals surface area contributed by atoms with Crippen LogP contribution in [0.25, 0.3) is 0 Å². The van der Waals surface area contributed by atoms with E-state index in [1.807, 2.05) is 0 Å². The molecule has 0 bridgehead atoms. The molecule has 1 N–H and O–H groups in total. The van der Waals surface area contributed by atoms with Crippen molar-refractivity contribution in [3.8, 4) is 0 Å². The Bertz CT molecular complexity index is 376. The first-order valence-electron chi connectivity index (χ1n) is 6.26. The highest BCUT2D eigenvalue weighted by Crippen LogP contribution is 2.24. The summed E-state index contributed by atoms with van der Waals surface area (Å²) in [5.41, 5.74) is 4.02. The predicted molar refractivity (Wildman–Crippen MR) is 71.8 cm³/mol. The fraction of sp³-hybridized carbons (Fsp3) is 0.571. The van der Waals surface area contributed by atoms with E-state index in [2.05, 4.69) is 42.3 Å². The van der Waals surface area contributed by atoms with E-state index in [0.717, 1.165) is 26.2 Å². The van der Waals surface area contributed by atoms with Crippen LogP contribution in [0, 0.1) is 13.8 Å². The molecule has 3 heteroatoms. The lowest BCUT2D eigenvalue weighted by Gasteiger charge is -2.38. The maximum absolute atomic E-state index is 5.31. The van der Waals surface area contributed by atoms with Gasteiger partial charge >= 0.3 is 0 Å². The third-order valence-corrected chi connectivity index (χ3v) is 3.37. The van der Waals surface area contributed by atoms with Gasteiger partial charge in [0.05, 0.1) is 12.6 Å². The summed E-state index contributed by atoms with van der Waals surface area (Å²) in [5.74, 6) is 0. The molecule has 0 aliphatic carbocycles. The second kappa shape index (κ2) is 5.52. The zero-order valence-corrected chi connectivity index (χ0v) is 11.0. The molecule has 3 nitrogen and oxygen atoms in total. The van der Waals surface area contributed by atoms with Gasteiger partial charge in [0.2, 0.25) is 0 Å². The molecule has 94 valence electrons. The Balaban J connectivity index is 2.23. The van der Waals surface area contributed by atoms with Gasteiger partial charge in [-0.15, -0.1) is 0 Å². The number of methoxy groups -OCH3 is 1. The molecule has 1 atom stereocenters. The molecule has 1 heterocycles. The van der Waals surface area contributed by atoms with Crippen LogP contribution in [0.3, 0.4) is 0 Å². The SMILES string of the molecule is COCC1CNCCN1c1ccc(C)cc1C. The average molecular weight is 234 g/mol. The van der Waals surface area contributed by atoms with E-state index in [-0.39, 0.29) is 0 Å². The van der Waals surface area contributed by atoms with Crippen molar-refractivity contribution in [2.45, 2.75) is 19.9 Å². The van der Waals surface area contributed by atoms with Crippen LogP contribution in [-0.2, 0) is 4.74 Å². The van der Waals surface area contributed by atoms with Crippen LogP contribution in [0.1, 0.15) is 11.1 Å². The predicted octanol–water partition coefficient (Wildman–Crippen LogP) is 1.73. The number of nitrogens with one attached hydrogen (secondary N) is 1. The number of benzene rings is 1. The first-order valence-corrected chi connectivity index (χ1v) is 6.26. The summed E-state index contributed by atoms with van der Waals surface area (Å²) in [7, 11) is 1.77. The number of ether oxygens (including phenoxy) is 1. The summed E-state index contributed by atoms with van der Waals surface area (Å²) in [6, 6.07) is 7.11. The molecule has 1 aromatic carbocycles. The van der Waals surface area contributed by atoms with E-state index < -0.39 is 0 Å². The Kier molecular flexibility index (Phi) is 4.02. The first kappa shape index (κ1) is 12.4. The summed E-state index contributed by atoms with van der Waals surface area (Å²) >= 11 is 0. The highest BCUT2D eigenvalue weighted by atomic mass is 16.5. The maximum Gasteiger partial charge on any atom is 0.0678 e. The highest BCUT2D eigenvalue weighted by Gasteiger charge is 2.23. The Morgan fingerprint density at radius 1 is 1.41 bits per heavy atom. The van der Waals surface area contributed by atoms with Gasteiger partial charge in [0, 0.05) is 32.4 Å². The van der Waals surface area contributed by atoms with Crippen molar-refractivity contribution in [3.63, 3.8) is 0 Å². The van der Waals surface area contributed by atoms with Crippen molar-refractivity contribution in [3.05, 3.63) is 29.3 Å². The van der Waals surface area contributed by atoms with Crippen LogP contribution in [0.2, 0.25) is 0 Å². The Morgan fingerprint density at radius 2 is 2.24 bits per heavy atom. The van der Waals surface area contributed by atoms with Gasteiger partial charge in [-0.2, -0.15) is 0 Å². The van der Waals surface area contributed by atoms with Crippen LogP contribution in [-0.4, -0.2) is 39.4 Å². The van der Waals surface area contributed by atoms with E-state index in [4.69, 9.17) is 4.74 Å². The van der Waals surface area contributed by atoms with Gasteiger partial charge in [-0.1, -0.05) is 17.7 Å². The zero-order chi connectivity index (χ0) is 12.3. The van der Waals surface area contributed by atoms with Crippen molar-refractivity contribution < 1.29 is 4.74 Å². The van der Waals surface area contributed by atoms with Crippen molar-refractivity contribution in [2.24, 2.45) is 0 Å². The van der Waals surface area contributed by atoms with Crippen molar-refractivity contribution in [1.29, 1.82) is 0 Å². The van der Waals surface area contributed by atoms with Crippen molar-refractivity contribution in [1.82, 2.24) is 5.32 Å². The van der Waals surface area contributed by atoms with Crippen LogP contribution in [0.4, 0.5) is 5.69 Å². The molecule has 0 spiro atoms. The Labute approximate surface area is 104 Å². The number of nitrogens with zero attached hydrogens (tertiary/aromatic N) is 1. The van der Waals surface area contributed by atoms with Crippen LogP contribution in [0.5, 0.6) is 0 Å². The summed E-state index contributed by atoms with van der Waals surface area (Å²) in [6.07, 6.45) is 0. The number of hydrogen-bond donors (Lipinski definition) is 1. The van der Waals surface area contributed by atoms with Gasteiger partial charge in [0.1, 0.15) is 0 Å². The zero-order valence-electron chi connectivity index (χ0n) is 11.0. The van der Waals surface area contributed by atoms with Gasteiger partial charge in [0.25, 0.3) is 0 Å². The summed E-state index contributed by atoms with van der Waals surface area (Å²) < 4.78 is 5.31. The fourth-order valence-corrected chi connectivity index (χ4v) is 2.55. The Morgan fingerprint density at radius 3 is 2.94 bits per heavy atom. The van der Waals surface area contributed by atoms with Gasteiger partial charge < -0.3 is 15.0 Å². The lowest BCUT2D eigenvalue weighted by molar-refractivity contribution is 0.170. The largest absolute Gasteiger partial charge is 0.383 e. The molecule has 1 aromatic rings. The standard InChI is InChI=1S/C14H22N2O/c1-11-4-5-14(12(2)8-11)16-7-6-15-9-13(16)10-17-3/h4-5,8,13,15H,6-7,9-10H2,1-3H3. The lowest BCUT2D eigenvalue weighted by Crippen LogP contribution is -2.53. The molecule has 0 saturated carbocycles. The molecule has 1 aliphatic rings. The van der Waals surface area contributed by atoms with E-state index in [0.29, 0.717) is 6.04 Å². The monoisotopic (exact) mass is 234 g/mol. The molecular formula is C14H22N2O. The minimum absolute atomic E-state index is 0.440. The molecule has 0 amide bonds. The molecule has 1 saturated heterocycles. The Hall–Kier alpha value is -1.06. The van der Waals surface area contributed by atoms with Crippen LogP contribution < -0.4 is 10.2 Å². The third-order valence-electron chi connectivity index (χ3n) is 3.37. The number of aryl methyl sites for hydroxylation is 2. The van der Waals surface area contributed by atoms with Gasteiger partial charge in [-0.25, -0.2) is 0 Å². The first-order chi connectivity index (χ1) is 8.22. The van der Waals surface area contributed by atoms with E-state index >= 15 is 0 Å². The van der Waals surface area contributed by atoms with E-state index in [1.54, 1.807) is 7.11 Å². The van der Waals surface area contributed by atoms with Gasteiger partial charge in [-0.05, 0) is 25.5 Å². The van der Waals surface area contributed by atoms with Gasteiger partial charge in [0.15, 0.2) is 0 Å². The highest BCUT2D eigenvalue weighted by molar-refractivity contribution is 5.55. The average Bonchev–Trinajstić information content (AvgIpc) is 2.31. The second-order valence-corrected chi connectivity index (χ2v) is 4.80. The minimum Gasteiger partial charge on any atom is -0.383 e. The van der Waals surface area contributed by atoms with Gasteiger partial charge in [-0.3, -0.25) is 0 Å². The smallest absolute Gasteiger partial charge is 0.0678 e. The lowest BCUT2D eigenvalue weighted by atomic mass is 10.1. The van der Waals surface area contributed by atoms with Crippen molar-refractivity contribution in [2.75, 3.05) is 38.3 Å². The fourth-order valence-electron chi connectivity index (χ4n) is 2.55. The molecule has 1 fully saturated rings. The third kappa shape index (κ3) is 2.79. The van der Waals surface area contributed by atoms with Crippen LogP contribution in [0.15, 0.2) is 18.2 Å². The molecule has 2 rings (SSSR count). The number of hydrogen-bond acceptors (Lipinski definition) is 3. The molecule has 0 radical (unpaired) electrons. The quantitative estimate of drug-likeness (QED) is 0.862. The topological polar surface area (TPSA) is 24.5 Å². The van der Waals surface area contributed by atoms with E-state index in [1.165, 1.54) is 16.8 Å². The number of anilines is 1. The molecule has 17 heavy (non-hydrogen) atoms. The van der Waals surface area contributed by atoms with Crippen molar-refractivity contribution >= 4 is 5.69 Å². The van der Waals surface area contributed by atoms with Crippen LogP contribution >= 0.6 is 0 Å². The second-order valence-electron chi connectivity index (χ2n) is 4.80. The summed E-state index contributed by atoms with van der Waals surface area (Å²) in [5, 5.41) is 3.43. The maximum atomic E-state index is 5.31. The normalized spacial score (nSPS) is 20.6. The molecular weight excluding hydrogens is 212 g/mol. The minimum atomic E-state index is 0.440. The molecule has 0 aromatic heterocycles. The summed E-state index contributed by atoms with van der Waals surface area (Å²) in [4.78, 5) is 2.47.